The van der Waals surface area contributed by atoms with Gasteiger partial charge < -0.3 is 13.7 Å². The number of nitrogens with one attached hydrogen (secondary N) is 1. The zero-order chi connectivity index (χ0) is 13.8. The van der Waals surface area contributed by atoms with Crippen molar-refractivity contribution in [2.45, 2.75) is 39.5 Å². The molecule has 0 aliphatic rings. The molecule has 0 aromatic carbocycles. The zero-order valence-corrected chi connectivity index (χ0v) is 11.6. The first-order valence-corrected chi connectivity index (χ1v) is 6.25. The first-order chi connectivity index (χ1) is 9.10. The molecule has 0 saturated heterocycles. The minimum absolute atomic E-state index is 0.0869. The molecule has 0 radical (unpaired) electrons. The molecule has 2 rings (SSSR count). The largest absolute Gasteiger partial charge is 0.465 e. The lowest BCUT2D eigenvalue weighted by molar-refractivity contribution is 0.109. The average Bonchev–Trinajstić information content (AvgIpc) is 3.04. The Labute approximate surface area is 112 Å². The van der Waals surface area contributed by atoms with Crippen LogP contribution in [0.1, 0.15) is 49.2 Å². The highest BCUT2D eigenvalue weighted by Crippen LogP contribution is 2.16. The van der Waals surface area contributed by atoms with Gasteiger partial charge in [-0.1, -0.05) is 5.16 Å². The van der Waals surface area contributed by atoms with Crippen molar-refractivity contribution in [3.05, 3.63) is 35.4 Å². The summed E-state index contributed by atoms with van der Waals surface area (Å²) in [6.45, 7) is 6.31. The Morgan fingerprint density at radius 1 is 1.37 bits per heavy atom. The van der Waals surface area contributed by atoms with Gasteiger partial charge in [0.1, 0.15) is 17.6 Å². The van der Waals surface area contributed by atoms with E-state index >= 15 is 0 Å². The van der Waals surface area contributed by atoms with E-state index in [9.17, 15) is 0 Å². The van der Waals surface area contributed by atoms with Crippen LogP contribution in [0.25, 0.3) is 0 Å². The molecule has 2 aromatic rings. The van der Waals surface area contributed by atoms with E-state index in [0.717, 1.165) is 11.5 Å². The quantitative estimate of drug-likeness (QED) is 0.865. The summed E-state index contributed by atoms with van der Waals surface area (Å²) in [5.41, 5.74) is 0. The summed E-state index contributed by atoms with van der Waals surface area (Å²) in [5, 5.41) is 7.14. The van der Waals surface area contributed by atoms with Gasteiger partial charge in [0.05, 0.1) is 12.6 Å². The number of ether oxygens (including phenoxy) is 1. The van der Waals surface area contributed by atoms with E-state index in [0.29, 0.717) is 18.3 Å². The van der Waals surface area contributed by atoms with E-state index in [2.05, 4.69) is 15.5 Å². The molecule has 0 bridgehead atoms. The minimum Gasteiger partial charge on any atom is -0.465 e. The second-order valence-corrected chi connectivity index (χ2v) is 4.48. The van der Waals surface area contributed by atoms with Gasteiger partial charge in [-0.3, -0.25) is 5.32 Å². The Hall–Kier alpha value is -1.66. The molecule has 1 N–H and O–H groups in total. The average molecular weight is 265 g/mol. The number of methoxy groups -OCH3 is 1. The molecule has 0 fully saturated rings. The van der Waals surface area contributed by atoms with E-state index in [-0.39, 0.29) is 12.1 Å². The van der Waals surface area contributed by atoms with E-state index in [4.69, 9.17) is 13.7 Å². The molecule has 0 aliphatic heterocycles. The smallest absolute Gasteiger partial charge is 0.240 e. The van der Waals surface area contributed by atoms with Crippen molar-refractivity contribution in [2.24, 2.45) is 0 Å². The molecule has 104 valence electrons. The maximum atomic E-state index is 5.55. The van der Waals surface area contributed by atoms with Crippen molar-refractivity contribution in [3.8, 4) is 0 Å². The lowest BCUT2D eigenvalue weighted by Crippen LogP contribution is -2.17. The number of furan rings is 1. The molecular formula is C13H19N3O3. The third kappa shape index (κ3) is 3.42. The van der Waals surface area contributed by atoms with Crippen LogP contribution in [0.15, 0.2) is 21.1 Å². The van der Waals surface area contributed by atoms with E-state index in [1.54, 1.807) is 7.11 Å². The first kappa shape index (κ1) is 13.8. The lowest BCUT2D eigenvalue weighted by atomic mass is 10.2. The van der Waals surface area contributed by atoms with Gasteiger partial charge >= 0.3 is 0 Å². The molecule has 0 saturated carbocycles. The van der Waals surface area contributed by atoms with Crippen molar-refractivity contribution in [1.29, 1.82) is 0 Å². The van der Waals surface area contributed by atoms with Crippen molar-refractivity contribution in [2.75, 3.05) is 7.11 Å². The monoisotopic (exact) mass is 265 g/mol. The van der Waals surface area contributed by atoms with Crippen molar-refractivity contribution in [3.63, 3.8) is 0 Å². The van der Waals surface area contributed by atoms with Gasteiger partial charge in [-0.2, -0.15) is 4.98 Å². The Morgan fingerprint density at radius 3 is 2.79 bits per heavy atom. The van der Waals surface area contributed by atoms with E-state index in [1.165, 1.54) is 0 Å². The third-order valence-electron chi connectivity index (χ3n) is 2.95. The molecule has 6 nitrogen and oxygen atoms in total. The van der Waals surface area contributed by atoms with E-state index in [1.807, 2.05) is 32.9 Å². The van der Waals surface area contributed by atoms with Crippen LogP contribution >= 0.6 is 0 Å². The number of hydrogen-bond acceptors (Lipinski definition) is 6. The Kier molecular flexibility index (Phi) is 4.34. The second-order valence-electron chi connectivity index (χ2n) is 4.48. The molecule has 0 unspecified atom stereocenters. The number of nitrogens with zero attached hydrogens (tertiary/aromatic N) is 2. The second kappa shape index (κ2) is 5.99. The van der Waals surface area contributed by atoms with Crippen LogP contribution in [0.4, 0.5) is 0 Å². The summed E-state index contributed by atoms with van der Waals surface area (Å²) < 4.78 is 15.8. The molecule has 2 heterocycles. The van der Waals surface area contributed by atoms with Crippen LogP contribution < -0.4 is 5.32 Å². The third-order valence-corrected chi connectivity index (χ3v) is 2.95. The topological polar surface area (TPSA) is 73.3 Å². The zero-order valence-electron chi connectivity index (χ0n) is 11.6. The molecule has 0 spiro atoms. The fourth-order valence-corrected chi connectivity index (χ4v) is 1.64. The molecule has 0 aliphatic carbocycles. The summed E-state index contributed by atoms with van der Waals surface area (Å²) in [6.07, 6.45) is -0.164. The van der Waals surface area contributed by atoms with Crippen LogP contribution in [0.2, 0.25) is 0 Å². The summed E-state index contributed by atoms with van der Waals surface area (Å²) >= 11 is 0. The lowest BCUT2D eigenvalue weighted by Gasteiger charge is -2.08. The predicted molar refractivity (Wildman–Crippen MR) is 68.4 cm³/mol. The summed E-state index contributed by atoms with van der Waals surface area (Å²) in [7, 11) is 1.61. The molecule has 0 amide bonds. The highest BCUT2D eigenvalue weighted by Gasteiger charge is 2.14. The van der Waals surface area contributed by atoms with Gasteiger partial charge in [0.2, 0.25) is 5.89 Å². The van der Waals surface area contributed by atoms with Crippen LogP contribution in [-0.4, -0.2) is 17.3 Å². The molecule has 6 heteroatoms. The Bertz CT molecular complexity index is 521. The number of aromatic nitrogens is 2. The van der Waals surface area contributed by atoms with Crippen LogP contribution in [-0.2, 0) is 11.3 Å². The molecular weight excluding hydrogens is 246 g/mol. The SMILES string of the molecule is CO[C@@H](C)c1noc(CN[C@H](C)c2ccc(C)o2)n1. The van der Waals surface area contributed by atoms with Crippen molar-refractivity contribution >= 4 is 0 Å². The highest BCUT2D eigenvalue weighted by atomic mass is 16.5. The number of hydrogen-bond donors (Lipinski definition) is 1. The molecule has 2 aromatic heterocycles. The van der Waals surface area contributed by atoms with Gasteiger partial charge in [0.25, 0.3) is 0 Å². The standard InChI is InChI=1S/C13H19N3O3/c1-8-5-6-11(18-8)9(2)14-7-12-15-13(16-19-12)10(3)17-4/h5-6,9-10,14H,7H2,1-4H3/t9-,10+/m1/s1. The summed E-state index contributed by atoms with van der Waals surface area (Å²) in [4.78, 5) is 4.26. The maximum Gasteiger partial charge on any atom is 0.240 e. The maximum absolute atomic E-state index is 5.55. The summed E-state index contributed by atoms with van der Waals surface area (Å²) in [5.74, 6) is 2.88. The highest BCUT2D eigenvalue weighted by molar-refractivity contribution is 5.08. The van der Waals surface area contributed by atoms with Crippen LogP contribution in [0.3, 0.4) is 0 Å². The minimum atomic E-state index is -0.164. The molecule has 2 atom stereocenters. The number of rotatable bonds is 6. The van der Waals surface area contributed by atoms with Gasteiger partial charge in [-0.25, -0.2) is 0 Å². The fraction of sp³-hybridized carbons (Fsp3) is 0.538. The van der Waals surface area contributed by atoms with Gasteiger partial charge in [0, 0.05) is 7.11 Å². The summed E-state index contributed by atoms with van der Waals surface area (Å²) in [6, 6.07) is 3.99. The fourth-order valence-electron chi connectivity index (χ4n) is 1.64. The predicted octanol–water partition coefficient (Wildman–Crippen LogP) is 2.53. The molecule has 19 heavy (non-hydrogen) atoms. The van der Waals surface area contributed by atoms with Gasteiger partial charge in [-0.15, -0.1) is 0 Å². The van der Waals surface area contributed by atoms with Crippen molar-refractivity contribution in [1.82, 2.24) is 15.5 Å². The van der Waals surface area contributed by atoms with Gasteiger partial charge in [0.15, 0.2) is 5.82 Å². The Balaban J connectivity index is 1.90. The van der Waals surface area contributed by atoms with Crippen LogP contribution in [0, 0.1) is 6.92 Å². The van der Waals surface area contributed by atoms with Crippen LogP contribution in [0.5, 0.6) is 0 Å². The number of aryl methyl sites for hydroxylation is 1. The van der Waals surface area contributed by atoms with E-state index < -0.39 is 0 Å². The van der Waals surface area contributed by atoms with Crippen molar-refractivity contribution < 1.29 is 13.7 Å². The normalized spacial score (nSPS) is 14.5. The Morgan fingerprint density at radius 2 is 2.16 bits per heavy atom. The van der Waals surface area contributed by atoms with Gasteiger partial charge in [-0.05, 0) is 32.9 Å². The first-order valence-electron chi connectivity index (χ1n) is 6.25.